The molecule has 4 heterocycles. The largest absolute Gasteiger partial charge is 0.501 e. The molecule has 0 saturated carbocycles. The smallest absolute Gasteiger partial charge is 0.259 e. The van der Waals surface area contributed by atoms with Gasteiger partial charge in [-0.25, -0.2) is 4.98 Å². The molecule has 37 heavy (non-hydrogen) atoms. The molecule has 1 aliphatic heterocycles. The van der Waals surface area contributed by atoms with Crippen LogP contribution < -0.4 is 25.2 Å². The number of methoxy groups -OCH3 is 1. The Bertz CT molecular complexity index is 1780. The molecule has 0 saturated heterocycles. The van der Waals surface area contributed by atoms with Crippen LogP contribution >= 0.6 is 0 Å². The van der Waals surface area contributed by atoms with Crippen molar-refractivity contribution in [2.75, 3.05) is 20.3 Å². The molecule has 0 fully saturated rings. The maximum absolute atomic E-state index is 13.1. The van der Waals surface area contributed by atoms with Crippen molar-refractivity contribution in [3.63, 3.8) is 0 Å². The standard InChI is InChI=1S/C27H21N3O7/c1-13-9-19(31)24(32)25(37-13)23-22(14-3-5-16(34-2)6-4-14)29-26(30-23)17-10-15-11-20-21(36-8-7-35-20)12-18(15)28-27(17)33/h3-6,9-12,32H,7-8H2,1-2H3,(H,28,33)(H,29,30). The number of aromatic hydroxyl groups is 1. The van der Waals surface area contributed by atoms with E-state index in [1.165, 1.54) is 6.07 Å². The number of aromatic nitrogens is 3. The number of hydrogen-bond acceptors (Lipinski definition) is 8. The molecule has 0 bridgehead atoms. The van der Waals surface area contributed by atoms with Crippen molar-refractivity contribution < 1.29 is 23.7 Å². The highest BCUT2D eigenvalue weighted by Gasteiger charge is 2.23. The van der Waals surface area contributed by atoms with E-state index in [0.29, 0.717) is 58.4 Å². The lowest BCUT2D eigenvalue weighted by atomic mass is 10.1. The highest BCUT2D eigenvalue weighted by Crippen LogP contribution is 2.38. The molecule has 0 amide bonds. The molecule has 3 N–H and O–H groups in total. The molecule has 0 atom stereocenters. The Kier molecular flexibility index (Phi) is 5.22. The molecule has 0 unspecified atom stereocenters. The third-order valence-electron chi connectivity index (χ3n) is 6.10. The minimum Gasteiger partial charge on any atom is -0.501 e. The Morgan fingerprint density at radius 3 is 2.43 bits per heavy atom. The normalized spacial score (nSPS) is 12.6. The number of nitrogens with zero attached hydrogens (tertiary/aromatic N) is 1. The van der Waals surface area contributed by atoms with Crippen LogP contribution in [0.4, 0.5) is 0 Å². The highest BCUT2D eigenvalue weighted by molar-refractivity contribution is 5.87. The van der Waals surface area contributed by atoms with Crippen LogP contribution in [0.3, 0.4) is 0 Å². The summed E-state index contributed by atoms with van der Waals surface area (Å²) in [5.41, 5.74) is 1.14. The first-order chi connectivity index (χ1) is 17.9. The van der Waals surface area contributed by atoms with Crippen LogP contribution in [0.2, 0.25) is 0 Å². The summed E-state index contributed by atoms with van der Waals surface area (Å²) in [6, 6.07) is 13.5. The van der Waals surface area contributed by atoms with Gasteiger partial charge < -0.3 is 33.7 Å². The van der Waals surface area contributed by atoms with E-state index in [1.54, 1.807) is 56.5 Å². The summed E-state index contributed by atoms with van der Waals surface area (Å²) in [7, 11) is 1.56. The van der Waals surface area contributed by atoms with Crippen molar-refractivity contribution >= 4 is 10.9 Å². The monoisotopic (exact) mass is 499 g/mol. The second-order valence-electron chi connectivity index (χ2n) is 8.53. The SMILES string of the molecule is COc1ccc(-c2nc(-c3cc4cc5c(cc4[nH]c3=O)OCCO5)[nH]c2-c2oc(C)cc(=O)c2O)cc1. The molecule has 3 aromatic heterocycles. The first-order valence-corrected chi connectivity index (χ1v) is 11.5. The number of fused-ring (bicyclic) bond motifs is 2. The number of nitrogens with one attached hydrogen (secondary N) is 2. The summed E-state index contributed by atoms with van der Waals surface area (Å²) in [6.45, 7) is 2.48. The predicted molar refractivity (Wildman–Crippen MR) is 136 cm³/mol. The van der Waals surface area contributed by atoms with Crippen LogP contribution in [-0.2, 0) is 0 Å². The van der Waals surface area contributed by atoms with Gasteiger partial charge in [-0.05, 0) is 43.3 Å². The van der Waals surface area contributed by atoms with Crippen molar-refractivity contribution in [1.29, 1.82) is 0 Å². The first kappa shape index (κ1) is 22.5. The molecule has 0 spiro atoms. The fraction of sp³-hybridized carbons (Fsp3) is 0.148. The van der Waals surface area contributed by atoms with Crippen molar-refractivity contribution in [3.8, 4) is 57.1 Å². The average Bonchev–Trinajstić information content (AvgIpc) is 3.34. The number of H-pyrrole nitrogens is 2. The van der Waals surface area contributed by atoms with E-state index < -0.39 is 11.2 Å². The van der Waals surface area contributed by atoms with Gasteiger partial charge in [0.2, 0.25) is 11.2 Å². The molecule has 6 rings (SSSR count). The second-order valence-corrected chi connectivity index (χ2v) is 8.53. The summed E-state index contributed by atoms with van der Waals surface area (Å²) >= 11 is 0. The molecule has 1 aliphatic rings. The van der Waals surface area contributed by atoms with Gasteiger partial charge in [-0.3, -0.25) is 9.59 Å². The lowest BCUT2D eigenvalue weighted by Crippen LogP contribution is -2.16. The Balaban J connectivity index is 1.57. The number of aryl methyl sites for hydroxylation is 1. The van der Waals surface area contributed by atoms with Crippen LogP contribution in [-0.4, -0.2) is 40.4 Å². The van der Waals surface area contributed by atoms with E-state index in [2.05, 4.69) is 9.97 Å². The zero-order chi connectivity index (χ0) is 25.7. The number of hydrogen-bond donors (Lipinski definition) is 3. The van der Waals surface area contributed by atoms with Gasteiger partial charge in [-0.1, -0.05) is 0 Å². The van der Waals surface area contributed by atoms with Crippen molar-refractivity contribution in [2.45, 2.75) is 6.92 Å². The Morgan fingerprint density at radius 1 is 0.973 bits per heavy atom. The Hall–Kier alpha value is -4.99. The maximum Gasteiger partial charge on any atom is 0.259 e. The van der Waals surface area contributed by atoms with Crippen molar-refractivity contribution in [1.82, 2.24) is 15.0 Å². The van der Waals surface area contributed by atoms with Crippen LogP contribution in [0.25, 0.3) is 45.0 Å². The van der Waals surface area contributed by atoms with Crippen LogP contribution in [0.15, 0.2) is 62.5 Å². The summed E-state index contributed by atoms with van der Waals surface area (Å²) < 4.78 is 22.3. The second kappa shape index (κ2) is 8.59. The van der Waals surface area contributed by atoms with Gasteiger partial charge >= 0.3 is 0 Å². The molecule has 10 heteroatoms. The van der Waals surface area contributed by atoms with E-state index in [1.807, 2.05) is 0 Å². The van der Waals surface area contributed by atoms with E-state index in [9.17, 15) is 14.7 Å². The molecule has 10 nitrogen and oxygen atoms in total. The Labute approximate surface area is 209 Å². The third kappa shape index (κ3) is 3.88. The fourth-order valence-corrected chi connectivity index (χ4v) is 4.31. The molecule has 186 valence electrons. The topological polar surface area (TPSA) is 140 Å². The number of pyridine rings is 1. The number of aromatic amines is 2. The molecule has 2 aromatic carbocycles. The zero-order valence-electron chi connectivity index (χ0n) is 19.9. The average molecular weight is 499 g/mol. The summed E-state index contributed by atoms with van der Waals surface area (Å²) in [6.07, 6.45) is 0. The number of ether oxygens (including phenoxy) is 3. The van der Waals surface area contributed by atoms with Crippen molar-refractivity contribution in [3.05, 3.63) is 74.9 Å². The third-order valence-corrected chi connectivity index (χ3v) is 6.10. The summed E-state index contributed by atoms with van der Waals surface area (Å²) in [5.74, 6) is 1.69. The number of benzene rings is 2. The molecule has 0 radical (unpaired) electrons. The van der Waals surface area contributed by atoms with Gasteiger partial charge in [-0.15, -0.1) is 0 Å². The molecule has 5 aromatic rings. The molecular formula is C27H21N3O7. The van der Waals surface area contributed by atoms with Gasteiger partial charge in [0.25, 0.3) is 5.56 Å². The fourth-order valence-electron chi connectivity index (χ4n) is 4.31. The maximum atomic E-state index is 13.1. The minimum absolute atomic E-state index is 0.0774. The van der Waals surface area contributed by atoms with E-state index >= 15 is 0 Å². The highest BCUT2D eigenvalue weighted by atomic mass is 16.6. The van der Waals surface area contributed by atoms with Crippen LogP contribution in [0.1, 0.15) is 5.76 Å². The lowest BCUT2D eigenvalue weighted by molar-refractivity contribution is 0.172. The van der Waals surface area contributed by atoms with Gasteiger partial charge in [0.05, 0.1) is 18.2 Å². The predicted octanol–water partition coefficient (Wildman–Crippen LogP) is 4.00. The lowest BCUT2D eigenvalue weighted by Gasteiger charge is -2.18. The number of rotatable bonds is 4. The first-order valence-electron chi connectivity index (χ1n) is 11.5. The van der Waals surface area contributed by atoms with Gasteiger partial charge in [0.15, 0.2) is 17.3 Å². The molecular weight excluding hydrogens is 478 g/mol. The van der Waals surface area contributed by atoms with E-state index in [-0.39, 0.29) is 28.4 Å². The van der Waals surface area contributed by atoms with Gasteiger partial charge in [-0.2, -0.15) is 0 Å². The number of imidazole rings is 1. The van der Waals surface area contributed by atoms with Gasteiger partial charge in [0, 0.05) is 23.1 Å². The van der Waals surface area contributed by atoms with Crippen LogP contribution in [0.5, 0.6) is 23.0 Å². The van der Waals surface area contributed by atoms with Crippen molar-refractivity contribution in [2.24, 2.45) is 0 Å². The summed E-state index contributed by atoms with van der Waals surface area (Å²) in [4.78, 5) is 36.1. The Morgan fingerprint density at radius 2 is 1.70 bits per heavy atom. The zero-order valence-corrected chi connectivity index (χ0v) is 19.9. The summed E-state index contributed by atoms with van der Waals surface area (Å²) in [5, 5.41) is 11.3. The van der Waals surface area contributed by atoms with E-state index in [0.717, 1.165) is 0 Å². The van der Waals surface area contributed by atoms with Crippen LogP contribution in [0, 0.1) is 6.92 Å². The van der Waals surface area contributed by atoms with Gasteiger partial charge in [0.1, 0.15) is 41.9 Å². The van der Waals surface area contributed by atoms with E-state index in [4.69, 9.17) is 23.6 Å². The molecule has 0 aliphatic carbocycles. The quantitative estimate of drug-likeness (QED) is 0.337. The minimum atomic E-state index is -0.592.